The Kier molecular flexibility index (Phi) is 24.2. The van der Waals surface area contributed by atoms with Crippen molar-refractivity contribution in [1.29, 1.82) is 0 Å². The molecular formula is C53H73N13O9S2. The third kappa shape index (κ3) is 19.3. The molecule has 4 heterocycles. The molecule has 416 valence electrons. The minimum absolute atomic E-state index is 0.0329. The lowest BCUT2D eigenvalue weighted by molar-refractivity contribution is -0.146. The second-order valence-corrected chi connectivity index (χ2v) is 22.9. The summed E-state index contributed by atoms with van der Waals surface area (Å²) in [7, 11) is 0. The lowest BCUT2D eigenvalue weighted by atomic mass is 9.76. The van der Waals surface area contributed by atoms with Gasteiger partial charge in [-0.1, -0.05) is 100 Å². The van der Waals surface area contributed by atoms with Crippen LogP contribution in [0.3, 0.4) is 0 Å². The van der Waals surface area contributed by atoms with E-state index in [1.54, 1.807) is 22.7 Å². The molecule has 2 aliphatic rings. The molecule has 24 heteroatoms. The fourth-order valence-electron chi connectivity index (χ4n) is 8.51. The summed E-state index contributed by atoms with van der Waals surface area (Å²) in [5, 5.41) is 40.9. The van der Waals surface area contributed by atoms with Crippen molar-refractivity contribution in [1.82, 2.24) is 30.4 Å². The van der Waals surface area contributed by atoms with Gasteiger partial charge < -0.3 is 41.5 Å². The summed E-state index contributed by atoms with van der Waals surface area (Å²) in [5.74, 6) is -2.80. The van der Waals surface area contributed by atoms with Crippen molar-refractivity contribution < 1.29 is 44.1 Å². The molecule has 0 unspecified atom stereocenters. The molecule has 22 nitrogen and oxygen atoms in total. The second-order valence-electron chi connectivity index (χ2n) is 21.2. The number of β-amino-alcohol motifs (C(OH)–C–C–N with tert-alkyl or cyclic N) is 2. The maximum absolute atomic E-state index is 13.6. The number of aromatic nitrogens is 2. The van der Waals surface area contributed by atoms with Gasteiger partial charge in [0.2, 0.25) is 23.6 Å². The number of aliphatic hydroxyl groups excluding tert-OH is 2. The van der Waals surface area contributed by atoms with Gasteiger partial charge in [0.1, 0.15) is 17.9 Å². The number of carboxylic acid groups (broad SMARTS) is 1. The lowest BCUT2D eigenvalue weighted by Gasteiger charge is -2.34. The molecule has 4 amide bonds. The summed E-state index contributed by atoms with van der Waals surface area (Å²) < 4.78 is 0. The summed E-state index contributed by atoms with van der Waals surface area (Å²) in [6.07, 6.45) is -0.00539. The van der Waals surface area contributed by atoms with E-state index >= 15 is 0 Å². The van der Waals surface area contributed by atoms with Crippen LogP contribution in [0.4, 0.5) is 0 Å². The van der Waals surface area contributed by atoms with Gasteiger partial charge in [0.15, 0.2) is 0 Å². The highest BCUT2D eigenvalue weighted by Gasteiger charge is 2.45. The molecule has 7 N–H and O–H groups in total. The van der Waals surface area contributed by atoms with Crippen LogP contribution in [-0.4, -0.2) is 127 Å². The van der Waals surface area contributed by atoms with Gasteiger partial charge >= 0.3 is 5.97 Å². The zero-order valence-electron chi connectivity index (χ0n) is 45.1. The lowest BCUT2D eigenvalue weighted by Crippen LogP contribution is -2.54. The number of rotatable bonds is 20. The van der Waals surface area contributed by atoms with E-state index in [-0.39, 0.29) is 87.7 Å². The first-order chi connectivity index (χ1) is 36.4. The minimum Gasteiger partial charge on any atom is -0.481 e. The summed E-state index contributed by atoms with van der Waals surface area (Å²) in [5.41, 5.74) is 30.9. The number of likely N-dealkylation sites (tertiary alicyclic amines) is 2. The number of hydrogen-bond donors (Lipinski definition) is 6. The summed E-state index contributed by atoms with van der Waals surface area (Å²) in [4.78, 5) is 93.6. The number of hydrogen-bond acceptors (Lipinski definition) is 15. The number of azide groups is 2. The van der Waals surface area contributed by atoms with Gasteiger partial charge in [-0.15, -0.1) is 22.7 Å². The first-order valence-corrected chi connectivity index (χ1v) is 27.1. The molecule has 6 rings (SSSR count). The molecule has 0 radical (unpaired) electrons. The van der Waals surface area contributed by atoms with E-state index in [4.69, 9.17) is 21.9 Å². The second kappa shape index (κ2) is 29.7. The third-order valence-electron chi connectivity index (χ3n) is 13.0. The standard InChI is InChI=1S/C27H36N6O4S.C22H30N4O3S.C4H7N3O2/c1-17-24(38-16-30-17)19-9-7-18(8-10-19)14-29-25(36)23-13-21(35)15-33(23)26(37)22(27(2,3)4)12-20(34)6-5-11-31-32-28;1-13-18(30-12-25-13)15-7-5-14(6-8-15)10-24-20(28)17-9-16(27)11-26(17)21(29)19(23)22(2,3)4;5-7-6-3-1-2-4(8)9/h7-10,16,21-23,35H,5-6,11-15H2,1-4H3,(H,29,36);5-8,12,16-17,19,27H,9-11,23H2,1-4H3,(H,24,28);1-3H2,(H,8,9)/t21-,22-,23+;16-,17+,19-;/m11./s1. The number of carboxylic acids is 1. The molecule has 4 aromatic rings. The number of Topliss-reactive ketones (excluding diaryl/α,β-unsaturated/α-hetero) is 1. The number of carbonyl (C=O) groups is 6. The quantitative estimate of drug-likeness (QED) is 0.0215. The van der Waals surface area contributed by atoms with Crippen LogP contribution in [0.1, 0.15) is 109 Å². The van der Waals surface area contributed by atoms with Crippen molar-refractivity contribution >= 4 is 58.1 Å². The van der Waals surface area contributed by atoms with E-state index in [0.717, 1.165) is 43.4 Å². The van der Waals surface area contributed by atoms with Gasteiger partial charge in [-0.2, -0.15) is 0 Å². The highest BCUT2D eigenvalue weighted by Crippen LogP contribution is 2.34. The maximum atomic E-state index is 13.6. The average molecular weight is 1100 g/mol. The van der Waals surface area contributed by atoms with Crippen LogP contribution in [-0.2, 0) is 41.9 Å². The summed E-state index contributed by atoms with van der Waals surface area (Å²) in [6, 6.07) is 13.6. The molecule has 77 heavy (non-hydrogen) atoms. The number of nitrogens with two attached hydrogens (primary N) is 1. The van der Waals surface area contributed by atoms with Crippen molar-refractivity contribution in [2.45, 2.75) is 144 Å². The highest BCUT2D eigenvalue weighted by atomic mass is 32.1. The van der Waals surface area contributed by atoms with Crippen molar-refractivity contribution in [2.75, 3.05) is 26.2 Å². The van der Waals surface area contributed by atoms with Crippen LogP contribution in [0.15, 0.2) is 69.8 Å². The first-order valence-electron chi connectivity index (χ1n) is 25.4. The van der Waals surface area contributed by atoms with Gasteiger partial charge in [0.25, 0.3) is 0 Å². The molecule has 0 bridgehead atoms. The SMILES string of the molecule is Cc1ncsc1-c1ccc(CNC(=O)[C@@H]2C[C@@H](O)CN2C(=O)[C@@H](CC(=O)CCCN=[N+]=[N-])C(C)(C)C)cc1.Cc1ncsc1-c1ccc(CNC(=O)[C@@H]2C[C@@H](O)CN2C(=O)[C@@H](N)C(C)(C)C)cc1.[N-]=[N+]=NCCCC(=O)O. The Morgan fingerprint density at radius 1 is 0.701 bits per heavy atom. The van der Waals surface area contributed by atoms with Crippen LogP contribution < -0.4 is 16.4 Å². The normalized spacial score (nSPS) is 17.8. The van der Waals surface area contributed by atoms with Crippen LogP contribution in [0.2, 0.25) is 0 Å². The van der Waals surface area contributed by atoms with Crippen molar-refractivity contribution in [3.63, 3.8) is 0 Å². The van der Waals surface area contributed by atoms with Crippen LogP contribution in [0.25, 0.3) is 41.8 Å². The smallest absolute Gasteiger partial charge is 0.303 e. The number of carbonyl (C=O) groups excluding carboxylic acids is 5. The Morgan fingerprint density at radius 3 is 1.48 bits per heavy atom. The number of aliphatic hydroxyl groups is 2. The molecule has 2 aromatic carbocycles. The Morgan fingerprint density at radius 2 is 1.12 bits per heavy atom. The molecule has 2 fully saturated rings. The first kappa shape index (κ1) is 62.8. The van der Waals surface area contributed by atoms with Gasteiger partial charge in [-0.3, -0.25) is 28.8 Å². The third-order valence-corrected chi connectivity index (χ3v) is 15.0. The van der Waals surface area contributed by atoms with Gasteiger partial charge in [0, 0.05) is 87.1 Å². The molecule has 0 saturated carbocycles. The van der Waals surface area contributed by atoms with Gasteiger partial charge in [0.05, 0.1) is 50.4 Å². The van der Waals surface area contributed by atoms with Crippen molar-refractivity contribution in [3.05, 3.63) is 103 Å². The highest BCUT2D eigenvalue weighted by molar-refractivity contribution is 7.13. The number of amides is 4. The predicted octanol–water partition coefficient (Wildman–Crippen LogP) is 7.64. The fraction of sp³-hybridized carbons (Fsp3) is 0.547. The van der Waals surface area contributed by atoms with E-state index in [1.165, 1.54) is 9.80 Å². The van der Waals surface area contributed by atoms with Crippen LogP contribution >= 0.6 is 22.7 Å². The number of nitrogens with one attached hydrogen (secondary N) is 2. The number of ketones is 1. The molecule has 0 aliphatic carbocycles. The van der Waals surface area contributed by atoms with Crippen molar-refractivity contribution in [2.24, 2.45) is 32.7 Å². The molecule has 2 saturated heterocycles. The zero-order valence-corrected chi connectivity index (χ0v) is 46.7. The van der Waals surface area contributed by atoms with Crippen LogP contribution in [0.5, 0.6) is 0 Å². The van der Waals surface area contributed by atoms with E-state index < -0.39 is 53.1 Å². The number of aliphatic carboxylic acids is 1. The predicted molar refractivity (Wildman–Crippen MR) is 295 cm³/mol. The zero-order chi connectivity index (χ0) is 57.0. The molecule has 0 spiro atoms. The molecule has 2 aliphatic heterocycles. The number of benzene rings is 2. The minimum atomic E-state index is -0.858. The Bertz CT molecular complexity index is 2720. The fourth-order valence-corrected chi connectivity index (χ4v) is 10.1. The van der Waals surface area contributed by atoms with E-state index in [0.29, 0.717) is 25.9 Å². The average Bonchev–Trinajstić information content (AvgIpc) is 4.21. The summed E-state index contributed by atoms with van der Waals surface area (Å²) in [6.45, 7) is 16.6. The monoisotopic (exact) mass is 1100 g/mol. The molecular weight excluding hydrogens is 1030 g/mol. The largest absolute Gasteiger partial charge is 0.481 e. The van der Waals surface area contributed by atoms with Gasteiger partial charge in [-0.05, 0) is 70.8 Å². The Balaban J connectivity index is 0.000000292. The summed E-state index contributed by atoms with van der Waals surface area (Å²) >= 11 is 3.18. The Labute approximate surface area is 457 Å². The maximum Gasteiger partial charge on any atom is 0.303 e. The topological polar surface area (TPSA) is 343 Å². The molecule has 2 aromatic heterocycles. The molecule has 6 atom stereocenters. The van der Waals surface area contributed by atoms with E-state index in [2.05, 4.69) is 40.7 Å². The van der Waals surface area contributed by atoms with Crippen molar-refractivity contribution in [3.8, 4) is 20.9 Å². The van der Waals surface area contributed by atoms with Crippen LogP contribution in [0, 0.1) is 30.6 Å². The number of nitrogens with zero attached hydrogens (tertiary/aromatic N) is 10. The number of aryl methyl sites for hydroxylation is 2. The Hall–Kier alpha value is -6.78. The number of thiazole rings is 2. The van der Waals surface area contributed by atoms with Gasteiger partial charge in [-0.25, -0.2) is 9.97 Å². The van der Waals surface area contributed by atoms with E-state index in [9.17, 15) is 39.0 Å². The van der Waals surface area contributed by atoms with E-state index in [1.807, 2.05) is 115 Å².